The summed E-state index contributed by atoms with van der Waals surface area (Å²) in [6.45, 7) is 13.1. The molecule has 14 heteroatoms. The molecule has 2 bridgehead atoms. The lowest BCUT2D eigenvalue weighted by Gasteiger charge is -2.47. The van der Waals surface area contributed by atoms with E-state index in [9.17, 15) is 34.5 Å². The number of aliphatic hydroxyl groups is 3. The Morgan fingerprint density at radius 3 is 2.40 bits per heavy atom. The van der Waals surface area contributed by atoms with Crippen LogP contribution in [0.1, 0.15) is 105 Å². The molecular formula is C51H72N2O12. The number of carbonyl (C=O) groups excluding carboxylic acids is 4. The van der Waals surface area contributed by atoms with Crippen LogP contribution < -0.4 is 4.74 Å². The Labute approximate surface area is 383 Å². The fourth-order valence-corrected chi connectivity index (χ4v) is 10.6. The molecule has 0 spiro atoms. The number of carbonyl (C=O) groups is 4. The van der Waals surface area contributed by atoms with Gasteiger partial charge >= 0.3 is 5.97 Å². The van der Waals surface area contributed by atoms with Crippen LogP contribution in [0.25, 0.3) is 10.9 Å². The van der Waals surface area contributed by atoms with E-state index < -0.39 is 90.0 Å². The number of allylic oxidation sites excluding steroid dienone is 4. The number of ketones is 2. The van der Waals surface area contributed by atoms with Gasteiger partial charge in [0.25, 0.3) is 11.7 Å². The van der Waals surface area contributed by atoms with E-state index in [2.05, 4.69) is 11.6 Å². The third kappa shape index (κ3) is 11.7. The van der Waals surface area contributed by atoms with Crippen molar-refractivity contribution in [2.75, 3.05) is 20.8 Å². The van der Waals surface area contributed by atoms with Crippen molar-refractivity contribution >= 4 is 34.3 Å². The van der Waals surface area contributed by atoms with E-state index in [1.54, 1.807) is 26.8 Å². The van der Waals surface area contributed by atoms with Crippen molar-refractivity contribution in [1.82, 2.24) is 9.88 Å². The lowest BCUT2D eigenvalue weighted by molar-refractivity contribution is -0.302. The van der Waals surface area contributed by atoms with Crippen LogP contribution >= 0.6 is 0 Å². The molecule has 6 rings (SSSR count). The van der Waals surface area contributed by atoms with E-state index in [0.717, 1.165) is 16.5 Å². The van der Waals surface area contributed by atoms with Gasteiger partial charge in [0.1, 0.15) is 35.9 Å². The highest BCUT2D eigenvalue weighted by Gasteiger charge is 2.56. The number of fused-ring (bicyclic) bond motifs is 4. The zero-order valence-corrected chi connectivity index (χ0v) is 39.3. The third-order valence-electron chi connectivity index (χ3n) is 14.4. The Morgan fingerprint density at radius 1 is 0.954 bits per heavy atom. The van der Waals surface area contributed by atoms with Gasteiger partial charge in [-0.15, -0.1) is 6.58 Å². The lowest BCUT2D eigenvalue weighted by atomic mass is 9.81. The van der Waals surface area contributed by atoms with Gasteiger partial charge in [-0.1, -0.05) is 44.6 Å². The number of aliphatic hydroxyl groups excluding tert-OH is 2. The molecule has 358 valence electrons. The lowest BCUT2D eigenvalue weighted by Crippen LogP contribution is -2.64. The normalized spacial score (nSPS) is 36.6. The zero-order chi connectivity index (χ0) is 47.2. The Morgan fingerprint density at radius 2 is 1.69 bits per heavy atom. The molecule has 1 aromatic heterocycles. The minimum atomic E-state index is -2.53. The van der Waals surface area contributed by atoms with E-state index in [1.165, 1.54) is 19.1 Å². The van der Waals surface area contributed by atoms with E-state index >= 15 is 0 Å². The van der Waals surface area contributed by atoms with Gasteiger partial charge < -0.3 is 48.9 Å². The van der Waals surface area contributed by atoms with E-state index in [-0.39, 0.29) is 43.4 Å². The topological polar surface area (TPSA) is 194 Å². The first-order valence-corrected chi connectivity index (χ1v) is 23.6. The number of hydrogen-bond acceptors (Lipinski definition) is 12. The number of benzene rings is 1. The summed E-state index contributed by atoms with van der Waals surface area (Å²) in [7, 11) is 3.05. The fourth-order valence-electron chi connectivity index (χ4n) is 10.6. The number of aromatic nitrogens is 1. The number of Topliss-reactive ketones (excluding diaryl/α,β-unsaturated/α-hetero) is 2. The molecule has 1 saturated carbocycles. The van der Waals surface area contributed by atoms with Crippen LogP contribution in [0.3, 0.4) is 0 Å². The summed E-state index contributed by atoms with van der Waals surface area (Å²) in [6, 6.07) is 6.55. The molecule has 1 aromatic carbocycles. The van der Waals surface area contributed by atoms with Crippen molar-refractivity contribution in [2.24, 2.45) is 29.6 Å². The smallest absolute Gasteiger partial charge is 0.329 e. The molecule has 0 radical (unpaired) electrons. The molecule has 14 atom stereocenters. The number of nitrogens with zero attached hydrogens (tertiary/aromatic N) is 1. The first-order valence-electron chi connectivity index (χ1n) is 23.6. The van der Waals surface area contributed by atoms with Crippen LogP contribution in [0.4, 0.5) is 0 Å². The van der Waals surface area contributed by atoms with Crippen molar-refractivity contribution in [3.8, 4) is 5.75 Å². The average Bonchev–Trinajstić information content (AvgIpc) is 3.76. The average molecular weight is 905 g/mol. The molecule has 3 fully saturated rings. The van der Waals surface area contributed by atoms with Gasteiger partial charge in [0.2, 0.25) is 5.79 Å². The monoisotopic (exact) mass is 905 g/mol. The molecule has 2 saturated heterocycles. The van der Waals surface area contributed by atoms with Crippen LogP contribution in [0.5, 0.6) is 5.75 Å². The number of H-pyrrole nitrogens is 1. The first kappa shape index (κ1) is 50.2. The summed E-state index contributed by atoms with van der Waals surface area (Å²) in [4.78, 5) is 61.6. The number of amides is 1. The van der Waals surface area contributed by atoms with Crippen LogP contribution in [-0.2, 0) is 38.1 Å². The minimum Gasteiger partial charge on any atom is -0.488 e. The molecular weight excluding hydrogens is 833 g/mol. The van der Waals surface area contributed by atoms with Gasteiger partial charge in [0.15, 0.2) is 0 Å². The van der Waals surface area contributed by atoms with Crippen molar-refractivity contribution in [1.29, 1.82) is 0 Å². The SMILES string of the molecule is C=CCC1C=C(C)CC(C)CC(OC)C2OC(O)(C(=O)C(=O)N3CCCCC3C(=O)OC(C(C)=CC3CCC(Oc4ccc5[nH]ccc5c4)C(O)C3)C(C)C(O)CC1=O)C(C)CC2OC. The molecule has 65 heavy (non-hydrogen) atoms. The summed E-state index contributed by atoms with van der Waals surface area (Å²) in [5.74, 6) is -7.35. The Bertz CT molecular complexity index is 2060. The summed E-state index contributed by atoms with van der Waals surface area (Å²) in [5.41, 5.74) is 2.56. The van der Waals surface area contributed by atoms with Crippen molar-refractivity contribution in [3.63, 3.8) is 0 Å². The van der Waals surface area contributed by atoms with Gasteiger partial charge in [0.05, 0.1) is 24.4 Å². The molecule has 1 amide bonds. The predicted molar refractivity (Wildman–Crippen MR) is 245 cm³/mol. The van der Waals surface area contributed by atoms with Crippen molar-refractivity contribution in [3.05, 3.63) is 66.4 Å². The number of rotatable bonds is 8. The van der Waals surface area contributed by atoms with Crippen molar-refractivity contribution < 1.29 is 58.2 Å². The quantitative estimate of drug-likeness (QED) is 0.127. The molecule has 3 aliphatic heterocycles. The molecule has 4 heterocycles. The molecule has 2 aromatic rings. The summed E-state index contributed by atoms with van der Waals surface area (Å²) in [5, 5.41) is 36.3. The standard InChI is InChI=1S/C51H72N2O12/c1-9-12-36-22-29(2)21-30(3)23-44(61-7)47-45(62-8)25-32(5)51(60,65-47)48(57)49(58)53-20-11-10-13-39(53)50(59)64-46(33(6)40(54)28-41(36)55)31(4)24-34-14-17-43(42(56)26-34)63-37-15-16-38-35(27-37)18-19-52-38/h9,15-16,18-19,22,24,27,30,32-34,36,39-40,42-47,52,54,56,60H,1,10-14,17,20-21,23,25-26,28H2,2-8H3. The maximum Gasteiger partial charge on any atom is 0.329 e. The molecule has 4 N–H and O–H groups in total. The number of hydrogen-bond donors (Lipinski definition) is 4. The number of esters is 1. The number of methoxy groups -OCH3 is 2. The molecule has 14 unspecified atom stereocenters. The Hall–Kier alpha value is -4.18. The maximum absolute atomic E-state index is 14.5. The highest BCUT2D eigenvalue weighted by Crippen LogP contribution is 2.39. The maximum atomic E-state index is 14.5. The highest BCUT2D eigenvalue weighted by atomic mass is 16.7. The highest BCUT2D eigenvalue weighted by molar-refractivity contribution is 6.39. The van der Waals surface area contributed by atoms with Gasteiger partial charge in [-0.05, 0) is 120 Å². The van der Waals surface area contributed by atoms with Gasteiger partial charge in [-0.25, -0.2) is 4.79 Å². The molecule has 4 aliphatic rings. The second-order valence-electron chi connectivity index (χ2n) is 19.4. The number of cyclic esters (lactones) is 1. The zero-order valence-electron chi connectivity index (χ0n) is 39.3. The number of piperidine rings is 1. The second-order valence-corrected chi connectivity index (χ2v) is 19.4. The molecule has 1 aliphatic carbocycles. The predicted octanol–water partition coefficient (Wildman–Crippen LogP) is 6.55. The van der Waals surface area contributed by atoms with E-state index in [0.29, 0.717) is 62.7 Å². The van der Waals surface area contributed by atoms with Crippen LogP contribution in [-0.4, -0.2) is 124 Å². The van der Waals surface area contributed by atoms with Gasteiger partial charge in [-0.3, -0.25) is 14.4 Å². The third-order valence-corrected chi connectivity index (χ3v) is 14.4. The number of ether oxygens (including phenoxy) is 5. The van der Waals surface area contributed by atoms with Gasteiger partial charge in [0, 0.05) is 62.0 Å². The number of nitrogens with one attached hydrogen (secondary N) is 1. The Kier molecular flexibility index (Phi) is 17.1. The summed E-state index contributed by atoms with van der Waals surface area (Å²) >= 11 is 0. The number of aromatic amines is 1. The van der Waals surface area contributed by atoms with Crippen LogP contribution in [0.2, 0.25) is 0 Å². The van der Waals surface area contributed by atoms with E-state index in [1.807, 2.05) is 56.5 Å². The molecule has 14 nitrogen and oxygen atoms in total. The van der Waals surface area contributed by atoms with E-state index in [4.69, 9.17) is 23.7 Å². The fraction of sp³-hybridized carbons (Fsp3) is 0.647. The summed E-state index contributed by atoms with van der Waals surface area (Å²) in [6.07, 6.45) is 6.16. The van der Waals surface area contributed by atoms with Crippen molar-refractivity contribution in [2.45, 2.75) is 160 Å². The second kappa shape index (κ2) is 22.1. The Balaban J connectivity index is 1.30. The summed E-state index contributed by atoms with van der Waals surface area (Å²) < 4.78 is 30.6. The largest absolute Gasteiger partial charge is 0.488 e. The first-order chi connectivity index (χ1) is 31.0. The minimum absolute atomic E-state index is 0.00220. The van der Waals surface area contributed by atoms with Gasteiger partial charge in [-0.2, -0.15) is 0 Å². The van der Waals surface area contributed by atoms with Crippen LogP contribution in [0, 0.1) is 29.6 Å². The van der Waals surface area contributed by atoms with Crippen LogP contribution in [0.15, 0.2) is 66.4 Å².